The van der Waals surface area contributed by atoms with Gasteiger partial charge >= 0.3 is 18.0 Å². The summed E-state index contributed by atoms with van der Waals surface area (Å²) >= 11 is 0.998. The summed E-state index contributed by atoms with van der Waals surface area (Å²) in [6, 6.07) is 12.0. The van der Waals surface area contributed by atoms with Gasteiger partial charge in [0.2, 0.25) is 11.8 Å². The Balaban J connectivity index is 1.95. The minimum Gasteiger partial charge on any atom is -0.480 e. The summed E-state index contributed by atoms with van der Waals surface area (Å²) in [6.45, 7) is 13.4. The van der Waals surface area contributed by atoms with Crippen LogP contribution in [0, 0.1) is 17.0 Å². The Morgan fingerprint density at radius 1 is 1.00 bits per heavy atom. The van der Waals surface area contributed by atoms with Crippen LogP contribution in [0.4, 0.5) is 13.6 Å². The van der Waals surface area contributed by atoms with Gasteiger partial charge in [-0.3, -0.25) is 14.4 Å². The number of halogens is 2. The molecule has 0 radical (unpaired) electrons. The molecular weight excluding hydrogens is 789 g/mol. The van der Waals surface area contributed by atoms with Crippen LogP contribution in [0.1, 0.15) is 57.3 Å². The van der Waals surface area contributed by atoms with E-state index in [0.717, 1.165) is 41.6 Å². The Bertz CT molecular complexity index is 1870. The number of nitrogens with two attached hydrogens (primary N) is 1. The molecule has 0 aliphatic carbocycles. The normalized spacial score (nSPS) is 13.3. The highest BCUT2D eigenvalue weighted by Gasteiger charge is 2.37. The third-order valence-corrected chi connectivity index (χ3v) is 11.9. The van der Waals surface area contributed by atoms with Crippen molar-refractivity contribution in [1.82, 2.24) is 20.1 Å². The molecule has 58 heavy (non-hydrogen) atoms. The molecule has 0 aliphatic rings. The van der Waals surface area contributed by atoms with Crippen LogP contribution in [-0.2, 0) is 30.5 Å². The average Bonchev–Trinajstić information content (AvgIpc) is 3.53. The summed E-state index contributed by atoms with van der Waals surface area (Å²) in [7, 11) is -1.42. The van der Waals surface area contributed by atoms with Crippen molar-refractivity contribution in [2.24, 2.45) is 11.1 Å². The molecule has 3 amide bonds. The van der Waals surface area contributed by atoms with E-state index in [1.807, 2.05) is 55.7 Å². The van der Waals surface area contributed by atoms with Crippen LogP contribution in [0.2, 0.25) is 25.7 Å². The van der Waals surface area contributed by atoms with Crippen molar-refractivity contribution in [3.63, 3.8) is 0 Å². The van der Waals surface area contributed by atoms with Gasteiger partial charge in [-0.1, -0.05) is 70.7 Å². The molecule has 0 spiro atoms. The van der Waals surface area contributed by atoms with Gasteiger partial charge in [0.05, 0.1) is 18.4 Å². The maximum Gasteiger partial charge on any atom is 0.407 e. The topological polar surface area (TPSA) is 193 Å². The number of carboxylic acid groups (broad SMARTS) is 2. The summed E-state index contributed by atoms with van der Waals surface area (Å²) in [5, 5.41) is 24.0. The van der Waals surface area contributed by atoms with E-state index in [4.69, 9.17) is 15.6 Å². The van der Waals surface area contributed by atoms with Gasteiger partial charge < -0.3 is 40.8 Å². The number of rotatable bonds is 22. The van der Waals surface area contributed by atoms with E-state index in [2.05, 4.69) is 30.3 Å². The lowest BCUT2D eigenvalue weighted by molar-refractivity contribution is -0.141. The number of nitrogens with zero attached hydrogens (tertiary/aromatic N) is 2. The molecule has 2 aromatic carbocycles. The highest BCUT2D eigenvalue weighted by Crippen LogP contribution is 2.41. The molecular formula is C41H57F2N5O8SSi. The summed E-state index contributed by atoms with van der Waals surface area (Å²) in [5.74, 6) is -5.27. The van der Waals surface area contributed by atoms with Crippen molar-refractivity contribution in [2.75, 3.05) is 31.2 Å². The first kappa shape index (κ1) is 47.6. The minimum absolute atomic E-state index is 0.0534. The highest BCUT2D eigenvalue weighted by molar-refractivity contribution is 8.00. The third kappa shape index (κ3) is 15.5. The van der Waals surface area contributed by atoms with Crippen LogP contribution >= 0.6 is 11.8 Å². The summed E-state index contributed by atoms with van der Waals surface area (Å²) in [4.78, 5) is 64.1. The molecule has 1 aromatic heterocycles. The van der Waals surface area contributed by atoms with Crippen molar-refractivity contribution in [3.05, 3.63) is 83.7 Å². The molecule has 318 valence electrons. The van der Waals surface area contributed by atoms with Crippen molar-refractivity contribution in [2.45, 2.75) is 90.4 Å². The molecule has 3 aromatic rings. The van der Waals surface area contributed by atoms with E-state index < -0.39 is 67.2 Å². The Morgan fingerprint density at radius 3 is 2.31 bits per heavy atom. The predicted octanol–water partition coefficient (Wildman–Crippen LogP) is 6.35. The fourth-order valence-corrected chi connectivity index (χ4v) is 7.78. The first-order chi connectivity index (χ1) is 27.2. The lowest BCUT2D eigenvalue weighted by Gasteiger charge is -2.41. The molecule has 0 saturated heterocycles. The zero-order valence-corrected chi connectivity index (χ0v) is 35.9. The number of thioether (sulfide) groups is 1. The lowest BCUT2D eigenvalue weighted by Crippen LogP contribution is -2.45. The van der Waals surface area contributed by atoms with Crippen LogP contribution in [0.5, 0.6) is 0 Å². The van der Waals surface area contributed by atoms with Crippen molar-refractivity contribution < 1.29 is 47.7 Å². The van der Waals surface area contributed by atoms with Gasteiger partial charge in [-0.05, 0) is 54.1 Å². The fourth-order valence-electron chi connectivity index (χ4n) is 6.15. The highest BCUT2D eigenvalue weighted by atomic mass is 32.2. The van der Waals surface area contributed by atoms with Gasteiger partial charge in [0.25, 0.3) is 0 Å². The van der Waals surface area contributed by atoms with E-state index in [1.165, 1.54) is 0 Å². The zero-order chi connectivity index (χ0) is 43.2. The number of hydrogen-bond acceptors (Lipinski definition) is 8. The number of carbonyl (C=O) groups excluding carboxylic acids is 3. The molecule has 1 heterocycles. The third-order valence-electron chi connectivity index (χ3n) is 9.17. The first-order valence-corrected chi connectivity index (χ1v) is 24.0. The van der Waals surface area contributed by atoms with E-state index in [9.17, 15) is 33.5 Å². The predicted molar refractivity (Wildman–Crippen MR) is 223 cm³/mol. The van der Waals surface area contributed by atoms with E-state index in [0.29, 0.717) is 30.8 Å². The van der Waals surface area contributed by atoms with E-state index in [-0.39, 0.29) is 48.9 Å². The van der Waals surface area contributed by atoms with Crippen molar-refractivity contribution in [3.8, 4) is 11.1 Å². The van der Waals surface area contributed by atoms with Crippen LogP contribution in [0.3, 0.4) is 0 Å². The van der Waals surface area contributed by atoms with Gasteiger partial charge in [0, 0.05) is 62.9 Å². The number of nitrogens with one attached hydrogen (secondary N) is 2. The molecule has 3 rings (SSSR count). The molecule has 0 aliphatic heterocycles. The number of hydrogen-bond donors (Lipinski definition) is 5. The lowest BCUT2D eigenvalue weighted by atomic mass is 9.83. The SMILES string of the molecule is CC(C)(C)C(c1cc(-c2cc(F)ccc2F)cn1Cc1ccccc1)N(CCCNC(=O)OCC[Si](C)(C)C)C(=O)CSCC(NC(=O)CCC(N)C(=O)O)C(=O)O. The van der Waals surface area contributed by atoms with Crippen LogP contribution in [0.15, 0.2) is 60.8 Å². The molecule has 17 heteroatoms. The van der Waals surface area contributed by atoms with E-state index in [1.54, 1.807) is 17.2 Å². The molecule has 3 unspecified atom stereocenters. The van der Waals surface area contributed by atoms with Crippen LogP contribution < -0.4 is 16.4 Å². The monoisotopic (exact) mass is 845 g/mol. The molecule has 0 saturated carbocycles. The number of amides is 3. The quantitative estimate of drug-likeness (QED) is 0.0563. The maximum atomic E-state index is 15.2. The largest absolute Gasteiger partial charge is 0.480 e. The minimum atomic E-state index is -1.42. The number of carbonyl (C=O) groups is 5. The number of alkyl carbamates (subject to hydrolysis) is 1. The first-order valence-electron chi connectivity index (χ1n) is 19.1. The van der Waals surface area contributed by atoms with Crippen LogP contribution in [-0.4, -0.2) is 101 Å². The molecule has 0 bridgehead atoms. The van der Waals surface area contributed by atoms with Crippen LogP contribution in [0.25, 0.3) is 11.1 Å². The van der Waals surface area contributed by atoms with Crippen molar-refractivity contribution >= 4 is 49.7 Å². The van der Waals surface area contributed by atoms with Gasteiger partial charge in [0.15, 0.2) is 0 Å². The second-order valence-corrected chi connectivity index (χ2v) is 23.1. The summed E-state index contributed by atoms with van der Waals surface area (Å²) in [5.41, 5.74) is 6.85. The van der Waals surface area contributed by atoms with Gasteiger partial charge in [-0.25, -0.2) is 18.4 Å². The van der Waals surface area contributed by atoms with Gasteiger partial charge in [-0.15, -0.1) is 11.8 Å². The van der Waals surface area contributed by atoms with Gasteiger partial charge in [0.1, 0.15) is 23.7 Å². The number of aliphatic carboxylic acids is 2. The van der Waals surface area contributed by atoms with Gasteiger partial charge in [-0.2, -0.15) is 0 Å². The second kappa shape index (κ2) is 21.9. The number of benzene rings is 2. The maximum absolute atomic E-state index is 15.2. The van der Waals surface area contributed by atoms with E-state index >= 15 is 4.39 Å². The number of aromatic nitrogens is 1. The number of ether oxygens (including phenoxy) is 1. The molecule has 13 nitrogen and oxygen atoms in total. The molecule has 3 atom stereocenters. The molecule has 0 fully saturated rings. The Kier molecular flexibility index (Phi) is 17.9. The fraction of sp³-hybridized carbons (Fsp3) is 0.488. The Hall–Kier alpha value is -4.74. The second-order valence-electron chi connectivity index (χ2n) is 16.4. The zero-order valence-electron chi connectivity index (χ0n) is 34.1. The Morgan fingerprint density at radius 2 is 1.69 bits per heavy atom. The Labute approximate surface area is 344 Å². The number of carboxylic acids is 2. The smallest absolute Gasteiger partial charge is 0.407 e. The average molecular weight is 846 g/mol. The summed E-state index contributed by atoms with van der Waals surface area (Å²) in [6.07, 6.45) is 1.00. The standard InChI is InChI=1S/C41H57F2N5O8SSi/c1-41(2,3)37(34-21-28(30-22-29(42)13-14-31(30)43)24-47(34)23-27-11-8-7-9-12-27)48(18-10-17-45-40(55)56-19-20-58(4,5)6)36(50)26-57-25-33(39(53)54)46-35(49)16-15-32(44)38(51)52/h7-9,11-14,21-22,24,32-33,37H,10,15-20,23,25-26,44H2,1-6H3,(H,45,55)(H,46,49)(H,51,52)(H,53,54). The summed E-state index contributed by atoms with van der Waals surface area (Å²) < 4.78 is 37.0. The molecule has 6 N–H and O–H groups in total. The van der Waals surface area contributed by atoms with Crippen molar-refractivity contribution in [1.29, 1.82) is 0 Å².